The summed E-state index contributed by atoms with van der Waals surface area (Å²) < 4.78 is 13.3. The van der Waals surface area contributed by atoms with Gasteiger partial charge < -0.3 is 9.80 Å². The van der Waals surface area contributed by atoms with E-state index < -0.39 is 5.82 Å². The van der Waals surface area contributed by atoms with Crippen molar-refractivity contribution in [3.63, 3.8) is 0 Å². The van der Waals surface area contributed by atoms with Crippen molar-refractivity contribution in [1.29, 1.82) is 0 Å². The molecule has 6 heteroatoms. The Kier molecular flexibility index (Phi) is 4.01. The third-order valence-electron chi connectivity index (χ3n) is 4.46. The van der Waals surface area contributed by atoms with Crippen LogP contribution in [0.4, 0.5) is 10.2 Å². The maximum atomic E-state index is 13.3. The van der Waals surface area contributed by atoms with Gasteiger partial charge in [0, 0.05) is 37.1 Å². The first-order valence-corrected chi connectivity index (χ1v) is 8.22. The van der Waals surface area contributed by atoms with Crippen molar-refractivity contribution in [2.75, 3.05) is 31.1 Å². The molecular formula is C19H17FN4O. The zero-order valence-electron chi connectivity index (χ0n) is 13.6. The van der Waals surface area contributed by atoms with Crippen molar-refractivity contribution < 1.29 is 9.18 Å². The van der Waals surface area contributed by atoms with Crippen LogP contribution in [0.2, 0.25) is 0 Å². The summed E-state index contributed by atoms with van der Waals surface area (Å²) >= 11 is 0. The molecule has 5 nitrogen and oxygen atoms in total. The Hall–Kier alpha value is -3.02. The maximum absolute atomic E-state index is 13.3. The van der Waals surface area contributed by atoms with E-state index in [0.29, 0.717) is 31.7 Å². The molecule has 1 saturated heterocycles. The van der Waals surface area contributed by atoms with Crippen LogP contribution in [0.3, 0.4) is 0 Å². The van der Waals surface area contributed by atoms with E-state index in [-0.39, 0.29) is 5.91 Å². The lowest BCUT2D eigenvalue weighted by molar-refractivity contribution is 0.0746. The van der Waals surface area contributed by atoms with Crippen molar-refractivity contribution in [3.05, 3.63) is 66.2 Å². The summed E-state index contributed by atoms with van der Waals surface area (Å²) in [5.74, 6) is 0.368. The molecule has 2 heterocycles. The lowest BCUT2D eigenvalue weighted by Crippen LogP contribution is -2.49. The molecule has 0 spiro atoms. The monoisotopic (exact) mass is 336 g/mol. The van der Waals surface area contributed by atoms with Gasteiger partial charge in [0.2, 0.25) is 0 Å². The Morgan fingerprint density at radius 2 is 1.76 bits per heavy atom. The van der Waals surface area contributed by atoms with Gasteiger partial charge >= 0.3 is 0 Å². The van der Waals surface area contributed by atoms with E-state index in [0.717, 1.165) is 16.7 Å². The minimum absolute atomic E-state index is 0.133. The Labute approximate surface area is 144 Å². The van der Waals surface area contributed by atoms with Gasteiger partial charge in [-0.1, -0.05) is 18.2 Å². The first-order chi connectivity index (χ1) is 12.2. The Morgan fingerprint density at radius 3 is 2.56 bits per heavy atom. The molecule has 1 aromatic heterocycles. The number of fused-ring (bicyclic) bond motifs is 1. The van der Waals surface area contributed by atoms with E-state index >= 15 is 0 Å². The van der Waals surface area contributed by atoms with Gasteiger partial charge in [-0.05, 0) is 30.3 Å². The van der Waals surface area contributed by atoms with Crippen LogP contribution in [0, 0.1) is 5.82 Å². The third kappa shape index (κ3) is 3.03. The van der Waals surface area contributed by atoms with Gasteiger partial charge in [-0.25, -0.2) is 14.4 Å². The van der Waals surface area contributed by atoms with E-state index in [9.17, 15) is 9.18 Å². The van der Waals surface area contributed by atoms with E-state index in [1.54, 1.807) is 23.4 Å². The first-order valence-electron chi connectivity index (χ1n) is 8.22. The minimum Gasteiger partial charge on any atom is -0.352 e. The van der Waals surface area contributed by atoms with E-state index in [2.05, 4.69) is 14.9 Å². The molecule has 0 atom stereocenters. The number of aromatic nitrogens is 2. The zero-order valence-corrected chi connectivity index (χ0v) is 13.6. The van der Waals surface area contributed by atoms with Gasteiger partial charge in [-0.15, -0.1) is 0 Å². The topological polar surface area (TPSA) is 49.3 Å². The highest BCUT2D eigenvalue weighted by Crippen LogP contribution is 2.23. The normalized spacial score (nSPS) is 14.8. The maximum Gasteiger partial charge on any atom is 0.254 e. The van der Waals surface area contributed by atoms with Gasteiger partial charge in [-0.2, -0.15) is 0 Å². The largest absolute Gasteiger partial charge is 0.352 e. The van der Waals surface area contributed by atoms with Crippen molar-refractivity contribution in [2.24, 2.45) is 0 Å². The number of nitrogens with zero attached hydrogens (tertiary/aromatic N) is 4. The lowest BCUT2D eigenvalue weighted by Gasteiger charge is -2.35. The summed E-state index contributed by atoms with van der Waals surface area (Å²) in [6.45, 7) is 2.52. The van der Waals surface area contributed by atoms with E-state index in [4.69, 9.17) is 0 Å². The molecule has 126 valence electrons. The number of amides is 1. The number of halogens is 1. The standard InChI is InChI=1S/C19H17FN4O/c20-15-5-3-4-14(12-15)19(25)24-10-8-23(9-11-24)18-16-6-1-2-7-17(16)21-13-22-18/h1-7,12-13H,8-11H2. The van der Waals surface area contributed by atoms with Crippen LogP contribution < -0.4 is 4.90 Å². The first kappa shape index (κ1) is 15.5. The number of benzene rings is 2. The molecule has 0 N–H and O–H groups in total. The minimum atomic E-state index is -0.392. The summed E-state index contributed by atoms with van der Waals surface area (Å²) in [5.41, 5.74) is 1.30. The van der Waals surface area contributed by atoms with Crippen molar-refractivity contribution in [3.8, 4) is 0 Å². The number of anilines is 1. The fourth-order valence-electron chi connectivity index (χ4n) is 3.17. The molecule has 0 unspecified atom stereocenters. The van der Waals surface area contributed by atoms with Gasteiger partial charge in [0.15, 0.2) is 0 Å². The number of rotatable bonds is 2. The zero-order chi connectivity index (χ0) is 17.2. The second-order valence-electron chi connectivity index (χ2n) is 6.00. The van der Waals surface area contributed by atoms with Crippen LogP contribution >= 0.6 is 0 Å². The third-order valence-corrected chi connectivity index (χ3v) is 4.46. The molecular weight excluding hydrogens is 319 g/mol. The van der Waals surface area contributed by atoms with Crippen molar-refractivity contribution in [2.45, 2.75) is 0 Å². The highest BCUT2D eigenvalue weighted by Gasteiger charge is 2.24. The average molecular weight is 336 g/mol. The van der Waals surface area contributed by atoms with E-state index in [1.807, 2.05) is 24.3 Å². The highest BCUT2D eigenvalue weighted by molar-refractivity contribution is 5.94. The number of piperazine rings is 1. The summed E-state index contributed by atoms with van der Waals surface area (Å²) in [6, 6.07) is 13.7. The van der Waals surface area contributed by atoms with Gasteiger partial charge in [0.1, 0.15) is 18.0 Å². The quantitative estimate of drug-likeness (QED) is 0.722. The molecule has 1 amide bonds. The second kappa shape index (κ2) is 6.47. The van der Waals surface area contributed by atoms with Gasteiger partial charge in [-0.3, -0.25) is 4.79 Å². The van der Waals surface area contributed by atoms with Crippen LogP contribution in [0.15, 0.2) is 54.9 Å². The molecule has 25 heavy (non-hydrogen) atoms. The van der Waals surface area contributed by atoms with Crippen molar-refractivity contribution >= 4 is 22.6 Å². The molecule has 0 bridgehead atoms. The predicted octanol–water partition coefficient (Wildman–Crippen LogP) is 2.73. The molecule has 0 aliphatic carbocycles. The summed E-state index contributed by atoms with van der Waals surface area (Å²) in [5, 5.41) is 1.01. The predicted molar refractivity (Wildman–Crippen MR) is 94.1 cm³/mol. The number of hydrogen-bond acceptors (Lipinski definition) is 4. The molecule has 1 aliphatic rings. The number of para-hydroxylation sites is 1. The second-order valence-corrected chi connectivity index (χ2v) is 6.00. The number of carbonyl (C=O) groups excluding carboxylic acids is 1. The smallest absolute Gasteiger partial charge is 0.254 e. The molecule has 0 radical (unpaired) electrons. The van der Waals surface area contributed by atoms with Gasteiger partial charge in [0.05, 0.1) is 5.52 Å². The molecule has 2 aromatic carbocycles. The number of carbonyl (C=O) groups is 1. The summed E-state index contributed by atoms with van der Waals surface area (Å²) in [4.78, 5) is 25.2. The van der Waals surface area contributed by atoms with Crippen LogP contribution in [0.25, 0.3) is 10.9 Å². The van der Waals surface area contributed by atoms with Crippen LogP contribution in [0.5, 0.6) is 0 Å². The number of hydrogen-bond donors (Lipinski definition) is 0. The summed E-state index contributed by atoms with van der Waals surface area (Å²) in [7, 11) is 0. The molecule has 1 fully saturated rings. The molecule has 4 rings (SSSR count). The van der Waals surface area contributed by atoms with Crippen LogP contribution in [0.1, 0.15) is 10.4 Å². The average Bonchev–Trinajstić information content (AvgIpc) is 2.67. The SMILES string of the molecule is O=C(c1cccc(F)c1)N1CCN(c2ncnc3ccccc23)CC1. The highest BCUT2D eigenvalue weighted by atomic mass is 19.1. The molecule has 0 saturated carbocycles. The Bertz CT molecular complexity index is 917. The molecule has 1 aliphatic heterocycles. The van der Waals surface area contributed by atoms with Crippen LogP contribution in [-0.2, 0) is 0 Å². The lowest BCUT2D eigenvalue weighted by atomic mass is 10.1. The van der Waals surface area contributed by atoms with Crippen molar-refractivity contribution in [1.82, 2.24) is 14.9 Å². The van der Waals surface area contributed by atoms with Gasteiger partial charge in [0.25, 0.3) is 5.91 Å². The van der Waals surface area contributed by atoms with E-state index in [1.165, 1.54) is 12.1 Å². The Balaban J connectivity index is 1.50. The Morgan fingerprint density at radius 1 is 0.960 bits per heavy atom. The fourth-order valence-corrected chi connectivity index (χ4v) is 3.17. The summed E-state index contributed by atoms with van der Waals surface area (Å²) in [6.07, 6.45) is 1.57. The van der Waals surface area contributed by atoms with Crippen LogP contribution in [-0.4, -0.2) is 47.0 Å². The molecule has 3 aromatic rings. The fraction of sp³-hybridized carbons (Fsp3) is 0.211.